The van der Waals surface area contributed by atoms with Crippen LogP contribution in [0.25, 0.3) is 0 Å². The first-order chi connectivity index (χ1) is 10.8. The average molecular weight is 430 g/mol. The van der Waals surface area contributed by atoms with Gasteiger partial charge in [-0.3, -0.25) is 0 Å². The monoisotopic (exact) mass is 429 g/mol. The Morgan fingerprint density at radius 1 is 0.760 bits per heavy atom. The summed E-state index contributed by atoms with van der Waals surface area (Å²) in [5.74, 6) is -7.01. The van der Waals surface area contributed by atoms with Crippen molar-refractivity contribution in [1.29, 1.82) is 0 Å². The largest absolute Gasteiger partial charge is 0.457 e. The maximum atomic E-state index is 14.1. The van der Waals surface area contributed by atoms with E-state index in [9.17, 15) is 52.7 Å². The molecule has 0 amide bonds. The van der Waals surface area contributed by atoms with E-state index in [-0.39, 0.29) is 6.07 Å². The molecular formula is C11H2ClF12S. The van der Waals surface area contributed by atoms with Gasteiger partial charge in [0.15, 0.2) is 0 Å². The molecule has 1 atom stereocenters. The normalized spacial score (nSPS) is 16.7. The molecule has 14 heteroatoms. The highest BCUT2D eigenvalue weighted by molar-refractivity contribution is 8.00. The second-order valence-corrected chi connectivity index (χ2v) is 5.87. The molecule has 25 heavy (non-hydrogen) atoms. The molecular weight excluding hydrogens is 428 g/mol. The summed E-state index contributed by atoms with van der Waals surface area (Å²) in [7, 11) is 0. The Kier molecular flexibility index (Phi) is 5.58. The number of alkyl halides is 12. The zero-order valence-corrected chi connectivity index (χ0v) is 12.5. The molecule has 0 saturated carbocycles. The fourth-order valence-corrected chi connectivity index (χ4v) is 2.48. The summed E-state index contributed by atoms with van der Waals surface area (Å²) in [6.07, 6.45) is -13.8. The van der Waals surface area contributed by atoms with Crippen molar-refractivity contribution in [2.24, 2.45) is 0 Å². The van der Waals surface area contributed by atoms with Crippen LogP contribution in [0.15, 0.2) is 17.0 Å². The number of benzene rings is 1. The van der Waals surface area contributed by atoms with Gasteiger partial charge in [0.1, 0.15) is 0 Å². The van der Waals surface area contributed by atoms with Crippen LogP contribution in [0.5, 0.6) is 0 Å². The van der Waals surface area contributed by atoms with E-state index in [1.807, 2.05) is 0 Å². The molecule has 0 aliphatic carbocycles. The first kappa shape index (κ1) is 22.1. The molecule has 0 aromatic heterocycles. The van der Waals surface area contributed by atoms with Gasteiger partial charge >= 0.3 is 29.5 Å². The number of hydrogen-bond donors (Lipinski definition) is 0. The number of halogens is 13. The lowest BCUT2D eigenvalue weighted by Gasteiger charge is -2.36. The molecule has 1 rings (SSSR count). The minimum Gasteiger partial charge on any atom is -0.221 e. The first-order valence-electron chi connectivity index (χ1n) is 5.52. The van der Waals surface area contributed by atoms with Gasteiger partial charge in [0.25, 0.3) is 0 Å². The highest BCUT2D eigenvalue weighted by atomic mass is 35.5. The third-order valence-electron chi connectivity index (χ3n) is 2.61. The molecule has 1 radical (unpaired) electrons. The van der Waals surface area contributed by atoms with Gasteiger partial charge in [0.05, 0.1) is 5.02 Å². The zero-order chi connectivity index (χ0) is 20.1. The van der Waals surface area contributed by atoms with Crippen molar-refractivity contribution in [2.45, 2.75) is 34.3 Å². The molecule has 0 bridgehead atoms. The quantitative estimate of drug-likeness (QED) is 0.382. The van der Waals surface area contributed by atoms with Crippen molar-refractivity contribution in [1.82, 2.24) is 0 Å². The van der Waals surface area contributed by atoms with Gasteiger partial charge in [-0.15, -0.1) is 0 Å². The smallest absolute Gasteiger partial charge is 0.221 e. The molecule has 0 nitrogen and oxygen atoms in total. The van der Waals surface area contributed by atoms with Crippen LogP contribution < -0.4 is 0 Å². The lowest BCUT2D eigenvalue weighted by atomic mass is 9.87. The van der Waals surface area contributed by atoms with Crippen molar-refractivity contribution in [3.63, 3.8) is 0 Å². The van der Waals surface area contributed by atoms with E-state index in [1.165, 1.54) is 0 Å². The Bertz CT molecular complexity index is 631. The molecule has 0 spiro atoms. The van der Waals surface area contributed by atoms with Crippen LogP contribution in [0.1, 0.15) is 5.56 Å². The minimum atomic E-state index is -7.01. The number of rotatable bonds is 3. The van der Waals surface area contributed by atoms with Crippen LogP contribution in [-0.4, -0.2) is 23.8 Å². The average Bonchev–Trinajstić information content (AvgIpc) is 2.31. The van der Waals surface area contributed by atoms with E-state index in [0.29, 0.717) is 0 Å². The van der Waals surface area contributed by atoms with Crippen molar-refractivity contribution < 1.29 is 52.7 Å². The number of hydrogen-bond acceptors (Lipinski definition) is 1. The van der Waals surface area contributed by atoms with Gasteiger partial charge in [0.2, 0.25) is 0 Å². The van der Waals surface area contributed by atoms with Crippen molar-refractivity contribution in [2.75, 3.05) is 0 Å². The third kappa shape index (κ3) is 4.23. The zero-order valence-electron chi connectivity index (χ0n) is 11.0. The third-order valence-corrected chi connectivity index (χ3v) is 3.49. The molecule has 0 fully saturated rings. The highest BCUT2D eigenvalue weighted by Crippen LogP contribution is 2.58. The van der Waals surface area contributed by atoms with Gasteiger partial charge in [0, 0.05) is 16.5 Å². The summed E-state index contributed by atoms with van der Waals surface area (Å²) in [5.41, 5.74) is -14.0. The summed E-state index contributed by atoms with van der Waals surface area (Å²) >= 11 is 3.88. The molecule has 0 aliphatic heterocycles. The molecule has 143 valence electrons. The van der Waals surface area contributed by atoms with Crippen LogP contribution in [0, 0.1) is 6.07 Å². The Labute approximate surface area is 140 Å². The van der Waals surface area contributed by atoms with Crippen LogP contribution in [0.4, 0.5) is 52.7 Å². The van der Waals surface area contributed by atoms with Gasteiger partial charge in [-0.2, -0.15) is 48.3 Å². The fraction of sp³-hybridized carbons (Fsp3) is 0.455. The molecule has 0 N–H and O–H groups in total. The van der Waals surface area contributed by atoms with Crippen LogP contribution in [0.2, 0.25) is 5.02 Å². The Balaban J connectivity index is 3.70. The van der Waals surface area contributed by atoms with Gasteiger partial charge in [-0.25, -0.2) is 4.39 Å². The first-order valence-corrected chi connectivity index (χ1v) is 6.71. The molecule has 0 aliphatic rings. The molecule has 1 aromatic rings. The van der Waals surface area contributed by atoms with E-state index >= 15 is 0 Å². The van der Waals surface area contributed by atoms with Gasteiger partial charge in [-0.05, 0) is 23.9 Å². The van der Waals surface area contributed by atoms with Crippen molar-refractivity contribution in [3.8, 4) is 0 Å². The van der Waals surface area contributed by atoms with E-state index in [2.05, 4.69) is 0 Å². The maximum Gasteiger partial charge on any atom is 0.457 e. The van der Waals surface area contributed by atoms with E-state index in [4.69, 9.17) is 11.6 Å². The van der Waals surface area contributed by atoms with Crippen LogP contribution in [-0.2, 0) is 5.67 Å². The predicted octanol–water partition coefficient (Wildman–Crippen LogP) is 6.68. The van der Waals surface area contributed by atoms with Crippen molar-refractivity contribution >= 4 is 23.4 Å². The van der Waals surface area contributed by atoms with Gasteiger partial charge in [-0.1, -0.05) is 11.6 Å². The second kappa shape index (κ2) is 6.32. The summed E-state index contributed by atoms with van der Waals surface area (Å²) in [5, 5.41) is -1.23. The summed E-state index contributed by atoms with van der Waals surface area (Å²) < 4.78 is 153. The van der Waals surface area contributed by atoms with Crippen molar-refractivity contribution in [3.05, 3.63) is 28.8 Å². The standard InChI is InChI=1S/C11H2ClF12S/c12-5-1-4(2-6(3-5)25-11(22,23)24)7(13,9(16,17)18)8(14,15)10(19,20)21/h1-2H. The maximum absolute atomic E-state index is 14.1. The SMILES string of the molecule is FC(F)(F)Sc1[c]c(Cl)cc(C(F)(C(F)(F)F)C(F)(F)C(F)(F)F)c1. The lowest BCUT2D eigenvalue weighted by molar-refractivity contribution is -0.389. The van der Waals surface area contributed by atoms with E-state index in [0.717, 1.165) is 0 Å². The molecule has 1 unspecified atom stereocenters. The van der Waals surface area contributed by atoms with E-state index in [1.54, 1.807) is 6.07 Å². The second-order valence-electron chi connectivity index (χ2n) is 4.36. The predicted molar refractivity (Wildman–Crippen MR) is 62.0 cm³/mol. The highest BCUT2D eigenvalue weighted by Gasteiger charge is 2.81. The van der Waals surface area contributed by atoms with Crippen LogP contribution in [0.3, 0.4) is 0 Å². The minimum absolute atomic E-state index is 0.310. The molecule has 0 saturated heterocycles. The number of thioether (sulfide) groups is 1. The topological polar surface area (TPSA) is 0 Å². The van der Waals surface area contributed by atoms with E-state index < -0.39 is 62.8 Å². The lowest BCUT2D eigenvalue weighted by Crippen LogP contribution is -2.59. The summed E-state index contributed by atoms with van der Waals surface area (Å²) in [6.45, 7) is 0. The fourth-order valence-electron chi connectivity index (χ4n) is 1.61. The molecule has 1 aromatic carbocycles. The summed E-state index contributed by atoms with van der Waals surface area (Å²) in [4.78, 5) is -1.43. The Morgan fingerprint density at radius 2 is 1.24 bits per heavy atom. The Hall–Kier alpha value is -0.980. The van der Waals surface area contributed by atoms with Gasteiger partial charge < -0.3 is 0 Å². The summed E-state index contributed by atoms with van der Waals surface area (Å²) in [6, 6.07) is 0.781. The Morgan fingerprint density at radius 3 is 1.60 bits per heavy atom. The molecule has 0 heterocycles. The van der Waals surface area contributed by atoms with Crippen LogP contribution >= 0.6 is 23.4 Å².